The zero-order valence-corrected chi connectivity index (χ0v) is 14.1. The topological polar surface area (TPSA) is 21.3 Å². The van der Waals surface area contributed by atoms with E-state index in [0.29, 0.717) is 22.9 Å². The summed E-state index contributed by atoms with van der Waals surface area (Å²) in [4.78, 5) is 0. The Kier molecular flexibility index (Phi) is 3.56. The van der Waals surface area contributed by atoms with E-state index < -0.39 is 0 Å². The normalized spacial score (nSPS) is 34.9. The van der Waals surface area contributed by atoms with E-state index in [9.17, 15) is 0 Å². The maximum atomic E-state index is 5.25. The second kappa shape index (κ2) is 5.01. The van der Waals surface area contributed by atoms with Gasteiger partial charge in [0.25, 0.3) is 0 Å². The van der Waals surface area contributed by atoms with Crippen LogP contribution >= 0.6 is 0 Å². The van der Waals surface area contributed by atoms with Crippen LogP contribution in [0.25, 0.3) is 0 Å². The monoisotopic (exact) mass is 287 g/mol. The van der Waals surface area contributed by atoms with Crippen LogP contribution in [0.2, 0.25) is 0 Å². The number of fused-ring (bicyclic) bond motifs is 2. The molecule has 0 heterocycles. The highest BCUT2D eigenvalue weighted by Gasteiger charge is 2.61. The van der Waals surface area contributed by atoms with Gasteiger partial charge in [-0.15, -0.1) is 0 Å². The smallest absolute Gasteiger partial charge is 0.118 e. The summed E-state index contributed by atoms with van der Waals surface area (Å²) in [6.45, 7) is 9.73. The Balaban J connectivity index is 1.72. The first kappa shape index (κ1) is 14.9. The standard InChI is InChI=1S/C19H29NO/c1-13(14-6-8-16(21-5)9-7-14)20-17-12-15-10-11-19(17,4)18(15,2)3/h6-9,13,15,17,20H,10-12H2,1-5H3. The summed E-state index contributed by atoms with van der Waals surface area (Å²) in [5.41, 5.74) is 2.27. The van der Waals surface area contributed by atoms with Crippen molar-refractivity contribution >= 4 is 0 Å². The van der Waals surface area contributed by atoms with E-state index >= 15 is 0 Å². The van der Waals surface area contributed by atoms with Crippen molar-refractivity contribution < 1.29 is 4.74 Å². The third-order valence-electron chi connectivity index (χ3n) is 6.86. The Morgan fingerprint density at radius 1 is 1.19 bits per heavy atom. The van der Waals surface area contributed by atoms with Gasteiger partial charge in [0, 0.05) is 12.1 Å². The fourth-order valence-electron chi connectivity index (χ4n) is 4.75. The molecular weight excluding hydrogens is 258 g/mol. The molecule has 1 aromatic rings. The molecule has 2 aliphatic rings. The van der Waals surface area contributed by atoms with E-state index in [4.69, 9.17) is 4.74 Å². The van der Waals surface area contributed by atoms with Crippen LogP contribution in [0.4, 0.5) is 0 Å². The van der Waals surface area contributed by atoms with Crippen molar-refractivity contribution in [2.24, 2.45) is 16.7 Å². The van der Waals surface area contributed by atoms with Crippen molar-refractivity contribution in [1.29, 1.82) is 0 Å². The van der Waals surface area contributed by atoms with Crippen molar-refractivity contribution in [3.63, 3.8) is 0 Å². The minimum absolute atomic E-state index is 0.396. The molecule has 0 spiro atoms. The van der Waals surface area contributed by atoms with Gasteiger partial charge in [-0.3, -0.25) is 0 Å². The number of ether oxygens (including phenoxy) is 1. The van der Waals surface area contributed by atoms with Crippen LogP contribution in [0.15, 0.2) is 24.3 Å². The van der Waals surface area contributed by atoms with E-state index in [2.05, 4.69) is 57.3 Å². The molecule has 21 heavy (non-hydrogen) atoms. The van der Waals surface area contributed by atoms with Crippen LogP contribution in [-0.4, -0.2) is 13.2 Å². The summed E-state index contributed by atoms with van der Waals surface area (Å²) in [5.74, 6) is 1.82. The first-order valence-corrected chi connectivity index (χ1v) is 8.28. The van der Waals surface area contributed by atoms with Gasteiger partial charge >= 0.3 is 0 Å². The van der Waals surface area contributed by atoms with Crippen LogP contribution in [0.5, 0.6) is 5.75 Å². The third kappa shape index (κ3) is 2.19. The maximum absolute atomic E-state index is 5.25. The Morgan fingerprint density at radius 2 is 1.86 bits per heavy atom. The summed E-state index contributed by atoms with van der Waals surface area (Å²) in [6.07, 6.45) is 4.13. The van der Waals surface area contributed by atoms with Crippen LogP contribution < -0.4 is 10.1 Å². The molecule has 0 amide bonds. The van der Waals surface area contributed by atoms with Crippen LogP contribution in [0.3, 0.4) is 0 Å². The van der Waals surface area contributed by atoms with Crippen molar-refractivity contribution in [3.05, 3.63) is 29.8 Å². The number of rotatable bonds is 4. The summed E-state index contributed by atoms with van der Waals surface area (Å²) in [5, 5.41) is 3.92. The molecule has 0 saturated heterocycles. The van der Waals surface area contributed by atoms with Gasteiger partial charge in [0.05, 0.1) is 7.11 Å². The first-order chi connectivity index (χ1) is 9.88. The lowest BCUT2D eigenvalue weighted by Gasteiger charge is -2.40. The molecule has 2 bridgehead atoms. The zero-order valence-electron chi connectivity index (χ0n) is 14.1. The molecule has 4 atom stereocenters. The molecule has 4 unspecified atom stereocenters. The summed E-state index contributed by atoms with van der Waals surface area (Å²) in [7, 11) is 1.72. The molecule has 1 N–H and O–H groups in total. The average Bonchev–Trinajstić information content (AvgIpc) is 2.80. The molecule has 2 nitrogen and oxygen atoms in total. The number of methoxy groups -OCH3 is 1. The van der Waals surface area contributed by atoms with Crippen molar-refractivity contribution in [3.8, 4) is 5.75 Å². The minimum atomic E-state index is 0.396. The minimum Gasteiger partial charge on any atom is -0.497 e. The lowest BCUT2D eigenvalue weighted by Crippen LogP contribution is -2.45. The maximum Gasteiger partial charge on any atom is 0.118 e. The summed E-state index contributed by atoms with van der Waals surface area (Å²) in [6, 6.07) is 9.50. The lowest BCUT2D eigenvalue weighted by molar-refractivity contribution is 0.116. The molecule has 1 aromatic carbocycles. The van der Waals surface area contributed by atoms with Gasteiger partial charge in [0.2, 0.25) is 0 Å². The predicted octanol–water partition coefficient (Wildman–Crippen LogP) is 4.56. The van der Waals surface area contributed by atoms with Gasteiger partial charge in [0.15, 0.2) is 0 Å². The molecular formula is C19H29NO. The van der Waals surface area contributed by atoms with Gasteiger partial charge in [-0.1, -0.05) is 32.9 Å². The molecule has 2 aliphatic carbocycles. The van der Waals surface area contributed by atoms with Crippen LogP contribution in [0.1, 0.15) is 58.6 Å². The molecule has 0 aromatic heterocycles. The van der Waals surface area contributed by atoms with Crippen molar-refractivity contribution in [1.82, 2.24) is 5.32 Å². The van der Waals surface area contributed by atoms with E-state index in [1.54, 1.807) is 7.11 Å². The first-order valence-electron chi connectivity index (χ1n) is 8.28. The Bertz CT molecular complexity index is 507. The van der Waals surface area contributed by atoms with Crippen molar-refractivity contribution in [2.75, 3.05) is 7.11 Å². The lowest BCUT2D eigenvalue weighted by atomic mass is 9.69. The SMILES string of the molecule is COc1ccc(C(C)NC2CC3CCC2(C)C3(C)C)cc1. The fraction of sp³-hybridized carbons (Fsp3) is 0.684. The van der Waals surface area contributed by atoms with E-state index in [-0.39, 0.29) is 0 Å². The number of hydrogen-bond donors (Lipinski definition) is 1. The van der Waals surface area contributed by atoms with Crippen molar-refractivity contribution in [2.45, 2.75) is 59.0 Å². The highest BCUT2D eigenvalue weighted by atomic mass is 16.5. The van der Waals surface area contributed by atoms with Gasteiger partial charge in [-0.05, 0) is 60.6 Å². The van der Waals surface area contributed by atoms with E-state index in [1.165, 1.54) is 24.8 Å². The van der Waals surface area contributed by atoms with Gasteiger partial charge in [-0.2, -0.15) is 0 Å². The second-order valence-electron chi connectivity index (χ2n) is 7.82. The molecule has 0 radical (unpaired) electrons. The van der Waals surface area contributed by atoms with Crippen LogP contribution in [0, 0.1) is 16.7 Å². The molecule has 0 aliphatic heterocycles. The number of benzene rings is 1. The Morgan fingerprint density at radius 3 is 2.33 bits per heavy atom. The summed E-state index contributed by atoms with van der Waals surface area (Å²) >= 11 is 0. The Labute approximate surface area is 129 Å². The molecule has 116 valence electrons. The number of hydrogen-bond acceptors (Lipinski definition) is 2. The quantitative estimate of drug-likeness (QED) is 0.876. The summed E-state index contributed by atoms with van der Waals surface area (Å²) < 4.78 is 5.25. The molecule has 2 saturated carbocycles. The highest BCUT2D eigenvalue weighted by Crippen LogP contribution is 2.65. The molecule has 2 heteroatoms. The van der Waals surface area contributed by atoms with Gasteiger partial charge < -0.3 is 10.1 Å². The third-order valence-corrected chi connectivity index (χ3v) is 6.86. The molecule has 3 rings (SSSR count). The average molecular weight is 287 g/mol. The van der Waals surface area contributed by atoms with Gasteiger partial charge in [0.1, 0.15) is 5.75 Å². The zero-order chi connectivity index (χ0) is 15.3. The number of nitrogens with one attached hydrogen (secondary N) is 1. The fourth-order valence-corrected chi connectivity index (χ4v) is 4.75. The Hall–Kier alpha value is -1.02. The second-order valence-corrected chi connectivity index (χ2v) is 7.82. The van der Waals surface area contributed by atoms with Crippen LogP contribution in [-0.2, 0) is 0 Å². The van der Waals surface area contributed by atoms with Gasteiger partial charge in [-0.25, -0.2) is 0 Å². The van der Waals surface area contributed by atoms with E-state index in [0.717, 1.165) is 11.7 Å². The van der Waals surface area contributed by atoms with E-state index in [1.807, 2.05) is 0 Å². The largest absolute Gasteiger partial charge is 0.497 e. The predicted molar refractivity (Wildman–Crippen MR) is 87.6 cm³/mol. The highest BCUT2D eigenvalue weighted by molar-refractivity contribution is 5.29. The molecule has 2 fully saturated rings.